The third-order valence-corrected chi connectivity index (χ3v) is 12.0. The van der Waals surface area contributed by atoms with Gasteiger partial charge in [-0.1, -0.05) is 126 Å². The SMILES string of the molecule is Cc1ccc(Cc2cc(C(C)(C)C)cc(Cc3cc(C(C)(C)C)cc(Cc4cc(C(C)(C)C)cc(Cc5cc(C(C)(C)C)cc(CO)c5O)c4O)c3O)c2O)s1. The van der Waals surface area contributed by atoms with Crippen molar-refractivity contribution in [3.05, 3.63) is 137 Å². The topological polar surface area (TPSA) is 101 Å². The highest BCUT2D eigenvalue weighted by molar-refractivity contribution is 7.11. The molecule has 0 bridgehead atoms. The van der Waals surface area contributed by atoms with Crippen molar-refractivity contribution < 1.29 is 25.5 Å². The molecule has 0 unspecified atom stereocenters. The van der Waals surface area contributed by atoms with Gasteiger partial charge in [0.2, 0.25) is 0 Å². The summed E-state index contributed by atoms with van der Waals surface area (Å²) in [4.78, 5) is 2.43. The van der Waals surface area contributed by atoms with Crippen LogP contribution in [0.2, 0.25) is 0 Å². The standard InChI is InChI=1S/C50H64O5S/c1-29-14-15-42(56-29)27-36-25-40(49(8,9)10)23-34(45(36)54)17-32-21-38(47(2,3)4)19-30(43(32)52)16-31-20-39(48(5,6)7)22-33(44(31)53)18-35-24-41(50(11,12)13)26-37(28-51)46(35)55/h14-15,19-26,51-55H,16-18,27-28H2,1-13H3. The van der Waals surface area contributed by atoms with Gasteiger partial charge < -0.3 is 25.5 Å². The molecule has 1 heterocycles. The first-order valence-electron chi connectivity index (χ1n) is 19.8. The molecule has 0 aliphatic heterocycles. The van der Waals surface area contributed by atoms with Crippen LogP contribution < -0.4 is 0 Å². The van der Waals surface area contributed by atoms with Gasteiger partial charge in [0, 0.05) is 41.0 Å². The number of hydrogen-bond acceptors (Lipinski definition) is 6. The van der Waals surface area contributed by atoms with Gasteiger partial charge >= 0.3 is 0 Å². The minimum absolute atomic E-state index is 0.0372. The van der Waals surface area contributed by atoms with E-state index in [-0.39, 0.29) is 64.1 Å². The third kappa shape index (κ3) is 9.64. The van der Waals surface area contributed by atoms with Crippen LogP contribution in [-0.2, 0) is 54.0 Å². The highest BCUT2D eigenvalue weighted by atomic mass is 32.1. The summed E-state index contributed by atoms with van der Waals surface area (Å²) < 4.78 is 0. The summed E-state index contributed by atoms with van der Waals surface area (Å²) in [5, 5.41) is 57.3. The van der Waals surface area contributed by atoms with Crippen molar-refractivity contribution in [2.24, 2.45) is 0 Å². The fourth-order valence-corrected chi connectivity index (χ4v) is 8.13. The van der Waals surface area contributed by atoms with Crippen LogP contribution in [0.3, 0.4) is 0 Å². The molecule has 0 saturated carbocycles. The molecule has 0 aliphatic rings. The van der Waals surface area contributed by atoms with Gasteiger partial charge in [0.15, 0.2) is 0 Å². The first-order chi connectivity index (χ1) is 25.8. The summed E-state index contributed by atoms with van der Waals surface area (Å²) >= 11 is 1.74. The zero-order valence-electron chi connectivity index (χ0n) is 36.0. The summed E-state index contributed by atoms with van der Waals surface area (Å²) in [6, 6.07) is 20.4. The Morgan fingerprint density at radius 1 is 0.393 bits per heavy atom. The molecule has 6 heteroatoms. The van der Waals surface area contributed by atoms with Gasteiger partial charge in [-0.05, 0) is 108 Å². The highest BCUT2D eigenvalue weighted by Gasteiger charge is 2.26. The number of phenols is 4. The fraction of sp³-hybridized carbons (Fsp3) is 0.440. The first kappa shape index (κ1) is 42.9. The van der Waals surface area contributed by atoms with Crippen LogP contribution >= 0.6 is 11.3 Å². The number of phenolic OH excluding ortho intramolecular Hbond substituents is 3. The Labute approximate surface area is 339 Å². The Morgan fingerprint density at radius 2 is 0.643 bits per heavy atom. The van der Waals surface area contributed by atoms with E-state index in [0.29, 0.717) is 40.7 Å². The molecule has 0 atom stereocenters. The predicted octanol–water partition coefficient (Wildman–Crippen LogP) is 11.9. The van der Waals surface area contributed by atoms with Crippen molar-refractivity contribution in [3.8, 4) is 23.0 Å². The zero-order valence-corrected chi connectivity index (χ0v) is 36.8. The van der Waals surface area contributed by atoms with E-state index >= 15 is 0 Å². The molecule has 0 spiro atoms. The van der Waals surface area contributed by atoms with Crippen molar-refractivity contribution in [3.63, 3.8) is 0 Å². The lowest BCUT2D eigenvalue weighted by molar-refractivity contribution is 0.275. The number of benzene rings is 4. The van der Waals surface area contributed by atoms with Crippen molar-refractivity contribution in [2.75, 3.05) is 0 Å². The van der Waals surface area contributed by atoms with E-state index in [1.165, 1.54) is 9.75 Å². The normalized spacial score (nSPS) is 12.8. The van der Waals surface area contributed by atoms with Crippen LogP contribution in [-0.4, -0.2) is 25.5 Å². The third-order valence-electron chi connectivity index (χ3n) is 11.0. The molecule has 0 amide bonds. The highest BCUT2D eigenvalue weighted by Crippen LogP contribution is 2.42. The van der Waals surface area contributed by atoms with Crippen LogP contribution in [0.25, 0.3) is 0 Å². The lowest BCUT2D eigenvalue weighted by Crippen LogP contribution is -2.15. The van der Waals surface area contributed by atoms with Crippen LogP contribution in [0.15, 0.2) is 60.7 Å². The monoisotopic (exact) mass is 776 g/mol. The molecule has 1 aromatic heterocycles. The molecule has 0 fully saturated rings. The second kappa shape index (κ2) is 15.6. The van der Waals surface area contributed by atoms with Crippen LogP contribution in [0.1, 0.15) is 160 Å². The maximum absolute atomic E-state index is 12.1. The Bertz CT molecular complexity index is 2230. The number of aryl methyl sites for hydroxylation is 1. The van der Waals surface area contributed by atoms with Crippen molar-refractivity contribution in [1.82, 2.24) is 0 Å². The molecule has 5 rings (SSSR count). The van der Waals surface area contributed by atoms with Gasteiger partial charge in [0.05, 0.1) is 6.61 Å². The summed E-state index contributed by atoms with van der Waals surface area (Å²) in [7, 11) is 0. The molecular weight excluding hydrogens is 713 g/mol. The minimum Gasteiger partial charge on any atom is -0.507 e. The van der Waals surface area contributed by atoms with Crippen molar-refractivity contribution in [1.29, 1.82) is 0 Å². The number of thiophene rings is 1. The number of aliphatic hydroxyl groups excluding tert-OH is 1. The largest absolute Gasteiger partial charge is 0.507 e. The molecule has 0 aliphatic carbocycles. The number of rotatable bonds is 9. The Balaban J connectivity index is 1.64. The maximum Gasteiger partial charge on any atom is 0.124 e. The Kier molecular flexibility index (Phi) is 11.9. The maximum atomic E-state index is 12.1. The van der Waals surface area contributed by atoms with E-state index in [2.05, 4.69) is 120 Å². The molecule has 56 heavy (non-hydrogen) atoms. The van der Waals surface area contributed by atoms with Gasteiger partial charge in [-0.15, -0.1) is 11.3 Å². The zero-order chi connectivity index (χ0) is 41.7. The van der Waals surface area contributed by atoms with Crippen molar-refractivity contribution in [2.45, 2.75) is 144 Å². The predicted molar refractivity (Wildman–Crippen MR) is 233 cm³/mol. The fourth-order valence-electron chi connectivity index (χ4n) is 7.22. The van der Waals surface area contributed by atoms with Crippen molar-refractivity contribution >= 4 is 11.3 Å². The second-order valence-corrected chi connectivity index (χ2v) is 21.3. The number of aromatic hydroxyl groups is 4. The molecule has 0 saturated heterocycles. The van der Waals surface area contributed by atoms with E-state index in [4.69, 9.17) is 0 Å². The number of aliphatic hydroxyl groups is 1. The van der Waals surface area contributed by atoms with E-state index < -0.39 is 0 Å². The Hall–Kier alpha value is -4.26. The van der Waals surface area contributed by atoms with Crippen LogP contribution in [0.5, 0.6) is 23.0 Å². The molecule has 5 nitrogen and oxygen atoms in total. The minimum atomic E-state index is -0.290. The summed E-state index contributed by atoms with van der Waals surface area (Å²) in [6.45, 7) is 27.5. The van der Waals surface area contributed by atoms with Gasteiger partial charge in [-0.2, -0.15) is 0 Å². The quantitative estimate of drug-likeness (QED) is 0.103. The molecule has 4 aromatic carbocycles. The Morgan fingerprint density at radius 3 is 0.875 bits per heavy atom. The van der Waals surface area contributed by atoms with E-state index in [1.54, 1.807) is 11.3 Å². The smallest absolute Gasteiger partial charge is 0.124 e. The molecule has 5 N–H and O–H groups in total. The van der Waals surface area contributed by atoms with Gasteiger partial charge in [0.25, 0.3) is 0 Å². The summed E-state index contributed by atoms with van der Waals surface area (Å²) in [5.41, 5.74) is 8.85. The van der Waals surface area contributed by atoms with E-state index in [0.717, 1.165) is 38.9 Å². The van der Waals surface area contributed by atoms with Gasteiger partial charge in [-0.3, -0.25) is 0 Å². The van der Waals surface area contributed by atoms with Crippen LogP contribution in [0, 0.1) is 6.92 Å². The van der Waals surface area contributed by atoms with Crippen LogP contribution in [0.4, 0.5) is 0 Å². The molecule has 0 radical (unpaired) electrons. The summed E-state index contributed by atoms with van der Waals surface area (Å²) in [6.07, 6.45) is 1.51. The average Bonchev–Trinajstić information content (AvgIpc) is 3.49. The van der Waals surface area contributed by atoms with E-state index in [1.807, 2.05) is 30.3 Å². The molecular formula is C50H64O5S. The first-order valence-corrected chi connectivity index (χ1v) is 20.6. The molecule has 5 aromatic rings. The second-order valence-electron chi connectivity index (χ2n) is 19.9. The van der Waals surface area contributed by atoms with Gasteiger partial charge in [0.1, 0.15) is 23.0 Å². The average molecular weight is 777 g/mol. The lowest BCUT2D eigenvalue weighted by Gasteiger charge is -2.26. The van der Waals surface area contributed by atoms with E-state index in [9.17, 15) is 25.5 Å². The number of hydrogen-bond donors (Lipinski definition) is 5. The van der Waals surface area contributed by atoms with Gasteiger partial charge in [-0.25, -0.2) is 0 Å². The summed E-state index contributed by atoms with van der Waals surface area (Å²) in [5.74, 6) is 0.569. The lowest BCUT2D eigenvalue weighted by atomic mass is 9.80. The molecule has 300 valence electrons.